The smallest absolute Gasteiger partial charge is 0.270 e. The summed E-state index contributed by atoms with van der Waals surface area (Å²) >= 11 is 0. The molecule has 5 nitrogen and oxygen atoms in total. The first kappa shape index (κ1) is 14.7. The topological polar surface area (TPSA) is 77.2 Å². The normalized spacial score (nSPS) is 19.9. The zero-order valence-corrected chi connectivity index (χ0v) is 11.1. The van der Waals surface area contributed by atoms with Crippen LogP contribution in [-0.2, 0) is 4.74 Å². The minimum Gasteiger partial charge on any atom is -0.384 e. The molecular weight excluding hydrogens is 254 g/mol. The van der Waals surface area contributed by atoms with Gasteiger partial charge in [0, 0.05) is 6.61 Å². The van der Waals surface area contributed by atoms with Gasteiger partial charge in [-0.3, -0.25) is 4.79 Å². The number of carbonyl (C=O) groups is 1. The van der Waals surface area contributed by atoms with Gasteiger partial charge in [-0.1, -0.05) is 6.07 Å². The number of amides is 1. The molecule has 1 aromatic heterocycles. The van der Waals surface area contributed by atoms with Crippen LogP contribution in [0.15, 0.2) is 18.2 Å². The predicted octanol–water partition coefficient (Wildman–Crippen LogP) is 1.38. The zero-order chi connectivity index (χ0) is 12.3. The Bertz CT molecular complexity index is 408. The maximum absolute atomic E-state index is 11.9. The highest BCUT2D eigenvalue weighted by Gasteiger charge is 2.24. The molecule has 1 fully saturated rings. The fourth-order valence-electron chi connectivity index (χ4n) is 1.95. The summed E-state index contributed by atoms with van der Waals surface area (Å²) in [6, 6.07) is 5.01. The van der Waals surface area contributed by atoms with E-state index in [9.17, 15) is 4.79 Å². The minimum atomic E-state index is -0.208. The van der Waals surface area contributed by atoms with Crippen LogP contribution >= 0.6 is 12.4 Å². The average molecular weight is 272 g/mol. The van der Waals surface area contributed by atoms with Gasteiger partial charge in [-0.15, -0.1) is 12.4 Å². The molecule has 2 atom stereocenters. The van der Waals surface area contributed by atoms with Gasteiger partial charge in [0.1, 0.15) is 11.5 Å². The first-order valence-corrected chi connectivity index (χ1v) is 5.82. The molecule has 1 aliphatic rings. The number of hydrogen-bond acceptors (Lipinski definition) is 4. The highest BCUT2D eigenvalue weighted by molar-refractivity contribution is 5.92. The van der Waals surface area contributed by atoms with E-state index in [0.29, 0.717) is 11.5 Å². The number of ether oxygens (including phenoxy) is 1. The number of nitrogens with one attached hydrogen (secondary N) is 1. The quantitative estimate of drug-likeness (QED) is 0.871. The van der Waals surface area contributed by atoms with Crippen LogP contribution in [0.4, 0.5) is 5.82 Å². The molecule has 0 saturated carbocycles. The van der Waals surface area contributed by atoms with E-state index in [2.05, 4.69) is 10.3 Å². The lowest BCUT2D eigenvalue weighted by Gasteiger charge is -2.19. The second kappa shape index (κ2) is 6.56. The Morgan fingerprint density at radius 2 is 2.39 bits per heavy atom. The maximum Gasteiger partial charge on any atom is 0.270 e. The van der Waals surface area contributed by atoms with Gasteiger partial charge in [0.05, 0.1) is 12.1 Å². The van der Waals surface area contributed by atoms with Crippen molar-refractivity contribution < 1.29 is 9.53 Å². The van der Waals surface area contributed by atoms with Gasteiger partial charge in [0.15, 0.2) is 0 Å². The Morgan fingerprint density at radius 1 is 1.61 bits per heavy atom. The summed E-state index contributed by atoms with van der Waals surface area (Å²) in [6.07, 6.45) is 2.16. The highest BCUT2D eigenvalue weighted by Crippen LogP contribution is 2.15. The molecule has 18 heavy (non-hydrogen) atoms. The van der Waals surface area contributed by atoms with Crippen molar-refractivity contribution in [1.29, 1.82) is 0 Å². The second-order valence-corrected chi connectivity index (χ2v) is 4.26. The summed E-state index contributed by atoms with van der Waals surface area (Å²) in [5.74, 6) is 0.141. The number of halogens is 1. The Labute approximate surface area is 113 Å². The molecule has 2 heterocycles. The van der Waals surface area contributed by atoms with Crippen molar-refractivity contribution in [2.24, 2.45) is 0 Å². The second-order valence-electron chi connectivity index (χ2n) is 4.26. The monoisotopic (exact) mass is 271 g/mol. The van der Waals surface area contributed by atoms with E-state index in [1.807, 2.05) is 6.92 Å². The standard InChI is InChI=1S/C12H17N3O2.ClH/c1-8(10-5-3-7-17-10)14-12(16)9-4-2-6-11(13)15-9;/h2,4,6,8,10H,3,5,7H2,1H3,(H2,13,15)(H,14,16);1H. The van der Waals surface area contributed by atoms with Gasteiger partial charge >= 0.3 is 0 Å². The average Bonchev–Trinajstić information content (AvgIpc) is 2.82. The number of aromatic nitrogens is 1. The third-order valence-corrected chi connectivity index (χ3v) is 2.88. The van der Waals surface area contributed by atoms with Crippen molar-refractivity contribution in [3.05, 3.63) is 23.9 Å². The van der Waals surface area contributed by atoms with Crippen molar-refractivity contribution in [2.75, 3.05) is 12.3 Å². The number of nitrogens with two attached hydrogens (primary N) is 1. The summed E-state index contributed by atoms with van der Waals surface area (Å²) in [7, 11) is 0. The van der Waals surface area contributed by atoms with Crippen molar-refractivity contribution in [1.82, 2.24) is 10.3 Å². The Kier molecular flexibility index (Phi) is 5.37. The highest BCUT2D eigenvalue weighted by atomic mass is 35.5. The van der Waals surface area contributed by atoms with Crippen LogP contribution in [0.2, 0.25) is 0 Å². The molecule has 2 unspecified atom stereocenters. The van der Waals surface area contributed by atoms with E-state index in [1.165, 1.54) is 0 Å². The van der Waals surface area contributed by atoms with E-state index in [0.717, 1.165) is 19.4 Å². The molecule has 100 valence electrons. The molecular formula is C12H18ClN3O2. The Balaban J connectivity index is 0.00000162. The van der Waals surface area contributed by atoms with Crippen LogP contribution in [0.1, 0.15) is 30.3 Å². The Hall–Kier alpha value is -1.33. The molecule has 0 spiro atoms. The molecule has 3 N–H and O–H groups in total. The number of carbonyl (C=O) groups excluding carboxylic acids is 1. The molecule has 0 aromatic carbocycles. The molecule has 2 rings (SSSR count). The number of rotatable bonds is 3. The lowest BCUT2D eigenvalue weighted by molar-refractivity contribution is 0.0709. The summed E-state index contributed by atoms with van der Waals surface area (Å²) in [6.45, 7) is 2.72. The van der Waals surface area contributed by atoms with Crippen LogP contribution in [-0.4, -0.2) is 29.6 Å². The first-order valence-electron chi connectivity index (χ1n) is 5.82. The number of nitrogen functional groups attached to an aromatic ring is 1. The summed E-state index contributed by atoms with van der Waals surface area (Å²) < 4.78 is 5.52. The van der Waals surface area contributed by atoms with E-state index in [4.69, 9.17) is 10.5 Å². The van der Waals surface area contributed by atoms with Gasteiger partial charge in [0.2, 0.25) is 0 Å². The lowest BCUT2D eigenvalue weighted by atomic mass is 10.1. The lowest BCUT2D eigenvalue weighted by Crippen LogP contribution is -2.41. The predicted molar refractivity (Wildman–Crippen MR) is 71.8 cm³/mol. The molecule has 1 aliphatic heterocycles. The van der Waals surface area contributed by atoms with Gasteiger partial charge in [-0.05, 0) is 31.9 Å². The largest absolute Gasteiger partial charge is 0.384 e. The number of nitrogens with zero attached hydrogens (tertiary/aromatic N) is 1. The number of anilines is 1. The van der Waals surface area contributed by atoms with Gasteiger partial charge in [-0.25, -0.2) is 4.98 Å². The van der Waals surface area contributed by atoms with E-state index < -0.39 is 0 Å². The molecule has 6 heteroatoms. The molecule has 1 saturated heterocycles. The third kappa shape index (κ3) is 3.58. The minimum absolute atomic E-state index is 0. The van der Waals surface area contributed by atoms with Crippen LogP contribution < -0.4 is 11.1 Å². The molecule has 1 amide bonds. The van der Waals surface area contributed by atoms with Crippen molar-refractivity contribution >= 4 is 24.1 Å². The SMILES string of the molecule is CC(NC(=O)c1cccc(N)n1)C1CCCO1.Cl. The number of pyridine rings is 1. The first-order chi connectivity index (χ1) is 8.16. The van der Waals surface area contributed by atoms with E-state index in [-0.39, 0.29) is 30.5 Å². The van der Waals surface area contributed by atoms with Crippen molar-refractivity contribution in [3.8, 4) is 0 Å². The van der Waals surface area contributed by atoms with E-state index in [1.54, 1.807) is 18.2 Å². The van der Waals surface area contributed by atoms with Crippen LogP contribution in [0.5, 0.6) is 0 Å². The molecule has 0 radical (unpaired) electrons. The van der Waals surface area contributed by atoms with Gasteiger partial charge in [-0.2, -0.15) is 0 Å². The summed E-state index contributed by atoms with van der Waals surface area (Å²) in [5, 5.41) is 2.88. The molecule has 0 aliphatic carbocycles. The van der Waals surface area contributed by atoms with E-state index >= 15 is 0 Å². The maximum atomic E-state index is 11.9. The molecule has 1 aromatic rings. The van der Waals surface area contributed by atoms with Crippen molar-refractivity contribution in [2.45, 2.75) is 31.9 Å². The fourth-order valence-corrected chi connectivity index (χ4v) is 1.95. The summed E-state index contributed by atoms with van der Waals surface area (Å²) in [4.78, 5) is 15.9. The molecule has 0 bridgehead atoms. The summed E-state index contributed by atoms with van der Waals surface area (Å²) in [5.41, 5.74) is 5.88. The van der Waals surface area contributed by atoms with Crippen LogP contribution in [0.3, 0.4) is 0 Å². The third-order valence-electron chi connectivity index (χ3n) is 2.88. The van der Waals surface area contributed by atoms with Crippen molar-refractivity contribution in [3.63, 3.8) is 0 Å². The Morgan fingerprint density at radius 3 is 3.00 bits per heavy atom. The fraction of sp³-hybridized carbons (Fsp3) is 0.500. The van der Waals surface area contributed by atoms with Crippen LogP contribution in [0.25, 0.3) is 0 Å². The van der Waals surface area contributed by atoms with Gasteiger partial charge < -0.3 is 15.8 Å². The van der Waals surface area contributed by atoms with Crippen LogP contribution in [0, 0.1) is 0 Å². The zero-order valence-electron chi connectivity index (χ0n) is 10.3. The number of hydrogen-bond donors (Lipinski definition) is 2. The van der Waals surface area contributed by atoms with Gasteiger partial charge in [0.25, 0.3) is 5.91 Å².